The zero-order chi connectivity index (χ0) is 20.8. The lowest BCUT2D eigenvalue weighted by atomic mass is 10.0. The van der Waals surface area contributed by atoms with E-state index in [9.17, 15) is 9.18 Å². The van der Waals surface area contributed by atoms with Gasteiger partial charge >= 0.3 is 0 Å². The third-order valence-corrected chi connectivity index (χ3v) is 5.15. The Morgan fingerprint density at radius 1 is 1.10 bits per heavy atom. The van der Waals surface area contributed by atoms with E-state index in [2.05, 4.69) is 10.2 Å². The first-order valence-corrected chi connectivity index (χ1v) is 10.1. The van der Waals surface area contributed by atoms with Crippen LogP contribution in [0.5, 0.6) is 11.5 Å². The molecule has 4 rings (SSSR count). The number of carbonyl (C=O) groups is 1. The number of hydrogen-bond donors (Lipinski definition) is 1. The first-order valence-electron chi connectivity index (χ1n) is 10.1. The normalized spacial score (nSPS) is 15.9. The Morgan fingerprint density at radius 3 is 2.77 bits per heavy atom. The van der Waals surface area contributed by atoms with E-state index in [4.69, 9.17) is 9.47 Å². The molecule has 1 aromatic heterocycles. The maximum atomic E-state index is 13.2. The van der Waals surface area contributed by atoms with Gasteiger partial charge in [-0.3, -0.25) is 9.89 Å². The van der Waals surface area contributed by atoms with Gasteiger partial charge in [0.2, 0.25) is 0 Å². The second kappa shape index (κ2) is 9.43. The first-order chi connectivity index (χ1) is 14.7. The lowest BCUT2D eigenvalue weighted by Gasteiger charge is -2.16. The van der Waals surface area contributed by atoms with Crippen molar-refractivity contribution in [2.24, 2.45) is 0 Å². The van der Waals surface area contributed by atoms with Gasteiger partial charge in [-0.15, -0.1) is 0 Å². The Bertz CT molecular complexity index is 977. The zero-order valence-corrected chi connectivity index (χ0v) is 16.6. The van der Waals surface area contributed by atoms with Gasteiger partial charge < -0.3 is 14.4 Å². The molecule has 0 spiro atoms. The topological polar surface area (TPSA) is 67.4 Å². The number of para-hydroxylation sites is 1. The molecule has 7 heteroatoms. The molecule has 0 bridgehead atoms. The summed E-state index contributed by atoms with van der Waals surface area (Å²) in [6, 6.07) is 17.5. The number of likely N-dealkylation sites (tertiary alicyclic amines) is 1. The Labute approximate surface area is 174 Å². The number of aromatic nitrogens is 2. The van der Waals surface area contributed by atoms with Gasteiger partial charge in [0.05, 0.1) is 12.3 Å². The SMILES string of the molecule is O=C(COc1ccccc1)N1CCC(c2cc(CCOc3cccc(F)c3)[nH]n2)C1. The molecule has 1 unspecified atom stereocenters. The average molecular weight is 409 g/mol. The molecule has 2 heterocycles. The fraction of sp³-hybridized carbons (Fsp3) is 0.304. The summed E-state index contributed by atoms with van der Waals surface area (Å²) in [7, 11) is 0. The quantitative estimate of drug-likeness (QED) is 0.618. The highest BCUT2D eigenvalue weighted by Crippen LogP contribution is 2.26. The van der Waals surface area contributed by atoms with Gasteiger partial charge in [-0.25, -0.2) is 4.39 Å². The molecule has 156 valence electrons. The van der Waals surface area contributed by atoms with E-state index in [1.807, 2.05) is 41.3 Å². The van der Waals surface area contributed by atoms with Crippen LogP contribution in [0.2, 0.25) is 0 Å². The predicted molar refractivity (Wildman–Crippen MR) is 110 cm³/mol. The van der Waals surface area contributed by atoms with Gasteiger partial charge in [0, 0.05) is 37.2 Å². The molecule has 1 saturated heterocycles. The molecule has 1 N–H and O–H groups in total. The largest absolute Gasteiger partial charge is 0.493 e. The van der Waals surface area contributed by atoms with E-state index in [1.165, 1.54) is 12.1 Å². The van der Waals surface area contributed by atoms with E-state index in [-0.39, 0.29) is 24.2 Å². The van der Waals surface area contributed by atoms with Gasteiger partial charge in [-0.2, -0.15) is 5.10 Å². The van der Waals surface area contributed by atoms with Crippen molar-refractivity contribution in [3.05, 3.63) is 77.9 Å². The van der Waals surface area contributed by atoms with Crippen molar-refractivity contribution in [3.8, 4) is 11.5 Å². The number of hydrogen-bond acceptors (Lipinski definition) is 4. The summed E-state index contributed by atoms with van der Waals surface area (Å²) in [6.45, 7) is 1.81. The third-order valence-electron chi connectivity index (χ3n) is 5.15. The number of benzene rings is 2. The summed E-state index contributed by atoms with van der Waals surface area (Å²) in [6.07, 6.45) is 1.52. The summed E-state index contributed by atoms with van der Waals surface area (Å²) in [5, 5.41) is 7.45. The molecule has 1 fully saturated rings. The van der Waals surface area contributed by atoms with Crippen LogP contribution in [-0.2, 0) is 11.2 Å². The number of rotatable bonds is 8. The van der Waals surface area contributed by atoms with Crippen LogP contribution >= 0.6 is 0 Å². The average Bonchev–Trinajstić information content (AvgIpc) is 3.43. The predicted octanol–water partition coefficient (Wildman–Crippen LogP) is 3.57. The number of ether oxygens (including phenoxy) is 2. The molecule has 30 heavy (non-hydrogen) atoms. The molecule has 0 radical (unpaired) electrons. The molecule has 3 aromatic rings. The maximum Gasteiger partial charge on any atom is 0.260 e. The number of nitrogens with one attached hydrogen (secondary N) is 1. The number of carbonyl (C=O) groups excluding carboxylic acids is 1. The van der Waals surface area contributed by atoms with Crippen LogP contribution in [-0.4, -0.2) is 47.3 Å². The van der Waals surface area contributed by atoms with Crippen molar-refractivity contribution in [3.63, 3.8) is 0 Å². The minimum absolute atomic E-state index is 0.0133. The van der Waals surface area contributed by atoms with Gasteiger partial charge in [-0.1, -0.05) is 24.3 Å². The highest BCUT2D eigenvalue weighted by Gasteiger charge is 2.29. The molecular weight excluding hydrogens is 385 g/mol. The second-order valence-corrected chi connectivity index (χ2v) is 7.30. The van der Waals surface area contributed by atoms with Crippen molar-refractivity contribution in [2.75, 3.05) is 26.3 Å². The second-order valence-electron chi connectivity index (χ2n) is 7.30. The standard InChI is InChI=1S/C23H24FN3O3/c24-18-5-4-8-21(13-18)29-12-10-19-14-22(26-25-19)17-9-11-27(15-17)23(28)16-30-20-6-2-1-3-7-20/h1-8,13-14,17H,9-12,15-16H2,(H,25,26). The number of nitrogens with zero attached hydrogens (tertiary/aromatic N) is 2. The minimum atomic E-state index is -0.314. The fourth-order valence-electron chi connectivity index (χ4n) is 3.53. The molecule has 2 aromatic carbocycles. The van der Waals surface area contributed by atoms with E-state index in [1.54, 1.807) is 12.1 Å². The zero-order valence-electron chi connectivity index (χ0n) is 16.6. The molecular formula is C23H24FN3O3. The minimum Gasteiger partial charge on any atom is -0.493 e. The van der Waals surface area contributed by atoms with Crippen LogP contribution in [0.25, 0.3) is 0 Å². The summed E-state index contributed by atoms with van der Waals surface area (Å²) >= 11 is 0. The van der Waals surface area contributed by atoms with Gasteiger partial charge in [0.15, 0.2) is 6.61 Å². The molecule has 1 aliphatic rings. The first kappa shape index (κ1) is 19.9. The van der Waals surface area contributed by atoms with Crippen molar-refractivity contribution >= 4 is 5.91 Å². The van der Waals surface area contributed by atoms with E-state index in [0.717, 1.165) is 17.8 Å². The Hall–Kier alpha value is -3.35. The van der Waals surface area contributed by atoms with E-state index >= 15 is 0 Å². The maximum absolute atomic E-state index is 13.2. The van der Waals surface area contributed by atoms with Crippen LogP contribution in [0.3, 0.4) is 0 Å². The van der Waals surface area contributed by atoms with Gasteiger partial charge in [-0.05, 0) is 36.8 Å². The Balaban J connectivity index is 1.23. The van der Waals surface area contributed by atoms with Crippen LogP contribution in [0, 0.1) is 5.82 Å². The van der Waals surface area contributed by atoms with Crippen molar-refractivity contribution in [1.29, 1.82) is 0 Å². The lowest BCUT2D eigenvalue weighted by molar-refractivity contribution is -0.132. The molecule has 0 aliphatic carbocycles. The number of H-pyrrole nitrogens is 1. The van der Waals surface area contributed by atoms with Gasteiger partial charge in [0.25, 0.3) is 5.91 Å². The van der Waals surface area contributed by atoms with Crippen LogP contribution < -0.4 is 9.47 Å². The monoisotopic (exact) mass is 409 g/mol. The molecule has 1 aliphatic heterocycles. The molecule has 0 saturated carbocycles. The summed E-state index contributed by atoms with van der Waals surface area (Å²) in [4.78, 5) is 14.3. The number of amides is 1. The third kappa shape index (κ3) is 5.17. The van der Waals surface area contributed by atoms with Crippen molar-refractivity contribution < 1.29 is 18.7 Å². The molecule has 1 amide bonds. The Kier molecular flexibility index (Phi) is 6.27. The highest BCUT2D eigenvalue weighted by atomic mass is 19.1. The van der Waals surface area contributed by atoms with E-state index < -0.39 is 0 Å². The fourth-order valence-corrected chi connectivity index (χ4v) is 3.53. The van der Waals surface area contributed by atoms with Gasteiger partial charge in [0.1, 0.15) is 17.3 Å². The number of halogens is 1. The lowest BCUT2D eigenvalue weighted by Crippen LogP contribution is -2.32. The van der Waals surface area contributed by atoms with Crippen LogP contribution in [0.1, 0.15) is 23.7 Å². The van der Waals surface area contributed by atoms with Crippen molar-refractivity contribution in [2.45, 2.75) is 18.8 Å². The highest BCUT2D eigenvalue weighted by molar-refractivity contribution is 5.78. The molecule has 1 atom stereocenters. The van der Waals surface area contributed by atoms with E-state index in [0.29, 0.717) is 37.6 Å². The van der Waals surface area contributed by atoms with Crippen molar-refractivity contribution in [1.82, 2.24) is 15.1 Å². The summed E-state index contributed by atoms with van der Waals surface area (Å²) < 4.78 is 24.3. The smallest absolute Gasteiger partial charge is 0.260 e. The summed E-state index contributed by atoms with van der Waals surface area (Å²) in [5.41, 5.74) is 1.91. The Morgan fingerprint density at radius 2 is 1.93 bits per heavy atom. The van der Waals surface area contributed by atoms with Crippen LogP contribution in [0.4, 0.5) is 4.39 Å². The molecule has 6 nitrogen and oxygen atoms in total. The van der Waals surface area contributed by atoms with Crippen LogP contribution in [0.15, 0.2) is 60.7 Å². The number of aromatic amines is 1. The summed E-state index contributed by atoms with van der Waals surface area (Å²) in [5.74, 6) is 1.09.